The van der Waals surface area contributed by atoms with Crippen molar-refractivity contribution in [1.82, 2.24) is 18.7 Å². The highest BCUT2D eigenvalue weighted by atomic mass is 32.1. The zero-order valence-corrected chi connectivity index (χ0v) is 28.4. The molecule has 0 saturated carbocycles. The van der Waals surface area contributed by atoms with Crippen LogP contribution in [0.4, 0.5) is 0 Å². The molecule has 0 aliphatic rings. The maximum Gasteiger partial charge on any atom is 0.116 e. The summed E-state index contributed by atoms with van der Waals surface area (Å²) in [6.45, 7) is 13.7. The van der Waals surface area contributed by atoms with Crippen LogP contribution in [0.1, 0.15) is 52.7 Å². The molecule has 4 nitrogen and oxygen atoms in total. The summed E-state index contributed by atoms with van der Waals surface area (Å²) < 4.78 is 9.74. The third-order valence-electron chi connectivity index (χ3n) is 9.14. The number of fused-ring (bicyclic) bond motifs is 5. The molecule has 0 N–H and O–H groups in total. The Morgan fingerprint density at radius 3 is 1.33 bits per heavy atom. The second-order valence-corrected chi connectivity index (χ2v) is 16.5. The van der Waals surface area contributed by atoms with Crippen LogP contribution in [0.3, 0.4) is 0 Å². The molecule has 7 heteroatoms. The van der Waals surface area contributed by atoms with Crippen molar-refractivity contribution in [2.45, 2.75) is 52.4 Å². The van der Waals surface area contributed by atoms with Crippen LogP contribution in [0.15, 0.2) is 71.4 Å². The number of rotatable bonds is 2. The molecular weight excluding hydrogens is 609 g/mol. The average molecular weight is 639 g/mol. The largest absolute Gasteiger partial charge is 0.243 e. The van der Waals surface area contributed by atoms with E-state index in [-0.39, 0.29) is 10.8 Å². The Hall–Kier alpha value is -4.04. The number of benzene rings is 5. The molecule has 4 heterocycles. The minimum atomic E-state index is -0.0205. The summed E-state index contributed by atoms with van der Waals surface area (Å²) in [7, 11) is 0. The molecule has 9 aromatic rings. The topological polar surface area (TPSA) is 51.6 Å². The molecule has 0 aliphatic carbocycles. The summed E-state index contributed by atoms with van der Waals surface area (Å²) in [5, 5.41) is 11.6. The van der Waals surface area contributed by atoms with Gasteiger partial charge in [-0.05, 0) is 78.5 Å². The Morgan fingerprint density at radius 1 is 0.511 bits per heavy atom. The van der Waals surface area contributed by atoms with E-state index in [4.69, 9.17) is 18.7 Å². The van der Waals surface area contributed by atoms with E-state index in [0.717, 1.165) is 64.8 Å². The zero-order valence-electron chi connectivity index (χ0n) is 25.9. The summed E-state index contributed by atoms with van der Waals surface area (Å²) in [5.74, 6) is 0. The van der Waals surface area contributed by atoms with Crippen molar-refractivity contribution in [1.29, 1.82) is 0 Å². The predicted octanol–water partition coefficient (Wildman–Crippen LogP) is 11.7. The van der Waals surface area contributed by atoms with E-state index in [1.54, 1.807) is 22.7 Å². The van der Waals surface area contributed by atoms with Gasteiger partial charge in [-0.25, -0.2) is 9.97 Å². The number of thiophene rings is 2. The SMILES string of the molecule is CC(C)(C)c1cc2ccc3cc(C(C)(C)C)cc4c5nc6c(-c7cccs7)c7nsnc7c(-c7cccs7)c6nc5c(c1)c2c34. The minimum Gasteiger partial charge on any atom is -0.243 e. The Balaban J connectivity index is 1.59. The van der Waals surface area contributed by atoms with Crippen molar-refractivity contribution in [2.24, 2.45) is 0 Å². The van der Waals surface area contributed by atoms with E-state index >= 15 is 0 Å². The highest BCUT2D eigenvalue weighted by Gasteiger charge is 2.27. The van der Waals surface area contributed by atoms with Gasteiger partial charge < -0.3 is 0 Å². The molecule has 0 aliphatic heterocycles. The van der Waals surface area contributed by atoms with Crippen LogP contribution >= 0.6 is 34.4 Å². The van der Waals surface area contributed by atoms with Gasteiger partial charge in [0.1, 0.15) is 22.1 Å². The maximum absolute atomic E-state index is 5.68. The summed E-state index contributed by atoms with van der Waals surface area (Å²) >= 11 is 4.68. The lowest BCUT2D eigenvalue weighted by molar-refractivity contribution is 0.591. The lowest BCUT2D eigenvalue weighted by Gasteiger charge is -2.24. The Morgan fingerprint density at radius 2 is 0.956 bits per heavy atom. The third-order valence-corrected chi connectivity index (χ3v) is 11.4. The molecule has 0 atom stereocenters. The predicted molar refractivity (Wildman–Crippen MR) is 196 cm³/mol. The fourth-order valence-corrected chi connectivity index (χ4v) is 8.88. The van der Waals surface area contributed by atoms with Gasteiger partial charge in [-0.2, -0.15) is 8.75 Å². The van der Waals surface area contributed by atoms with Crippen LogP contribution in [-0.4, -0.2) is 18.7 Å². The van der Waals surface area contributed by atoms with E-state index in [1.807, 2.05) is 0 Å². The van der Waals surface area contributed by atoms with Crippen molar-refractivity contribution in [3.63, 3.8) is 0 Å². The highest BCUT2D eigenvalue weighted by molar-refractivity contribution is 7.14. The smallest absolute Gasteiger partial charge is 0.116 e. The van der Waals surface area contributed by atoms with Gasteiger partial charge in [0, 0.05) is 31.7 Å². The van der Waals surface area contributed by atoms with Crippen molar-refractivity contribution in [3.05, 3.63) is 82.6 Å². The van der Waals surface area contributed by atoms with Crippen LogP contribution in [0, 0.1) is 0 Å². The molecule has 0 amide bonds. The first-order valence-electron chi connectivity index (χ1n) is 15.2. The molecule has 220 valence electrons. The van der Waals surface area contributed by atoms with Gasteiger partial charge >= 0.3 is 0 Å². The molecule has 5 aromatic carbocycles. The Kier molecular flexibility index (Phi) is 5.61. The van der Waals surface area contributed by atoms with E-state index in [1.165, 1.54) is 44.4 Å². The van der Waals surface area contributed by atoms with Gasteiger partial charge in [0.15, 0.2) is 0 Å². The molecule has 0 unspecified atom stereocenters. The third kappa shape index (κ3) is 3.94. The van der Waals surface area contributed by atoms with Crippen molar-refractivity contribution in [2.75, 3.05) is 0 Å². The minimum absolute atomic E-state index is 0.0205. The standard InChI is InChI=1S/C38H30N4S3/c1-37(2,3)21-15-19-11-12-20-16-22(38(4,5)6)18-24-28(20)27(19)23(17-21)31-32(24)40-34-30(26-10-8-14-44-26)36-35(41-45-42-36)29(33(34)39-31)25-9-7-13-43-25/h7-18H,1-6H3. The molecule has 45 heavy (non-hydrogen) atoms. The highest BCUT2D eigenvalue weighted by Crippen LogP contribution is 2.48. The average Bonchev–Trinajstić information content (AvgIpc) is 3.80. The van der Waals surface area contributed by atoms with E-state index in [2.05, 4.69) is 113 Å². The zero-order chi connectivity index (χ0) is 30.8. The van der Waals surface area contributed by atoms with Gasteiger partial charge in [-0.1, -0.05) is 77.9 Å². The summed E-state index contributed by atoms with van der Waals surface area (Å²) in [6, 6.07) is 22.6. The van der Waals surface area contributed by atoms with Crippen molar-refractivity contribution in [3.8, 4) is 20.9 Å². The lowest BCUT2D eigenvalue weighted by Crippen LogP contribution is -2.12. The fraction of sp³-hybridized carbons (Fsp3) is 0.211. The molecule has 0 fully saturated rings. The van der Waals surface area contributed by atoms with E-state index in [9.17, 15) is 0 Å². The van der Waals surface area contributed by atoms with Crippen molar-refractivity contribution < 1.29 is 0 Å². The molecule has 0 spiro atoms. The summed E-state index contributed by atoms with van der Waals surface area (Å²) in [4.78, 5) is 13.6. The van der Waals surface area contributed by atoms with E-state index < -0.39 is 0 Å². The van der Waals surface area contributed by atoms with Crippen LogP contribution in [0.5, 0.6) is 0 Å². The first kappa shape index (κ1) is 27.3. The number of hydrogen-bond donors (Lipinski definition) is 0. The number of nitrogens with zero attached hydrogens (tertiary/aromatic N) is 4. The quantitative estimate of drug-likeness (QED) is 0.140. The molecular formula is C38H30N4S3. The first-order chi connectivity index (χ1) is 21.6. The van der Waals surface area contributed by atoms with Crippen molar-refractivity contribution >= 4 is 99.8 Å². The maximum atomic E-state index is 5.68. The van der Waals surface area contributed by atoms with Gasteiger partial charge in [0.05, 0.1) is 22.8 Å². The molecule has 4 aromatic heterocycles. The normalized spacial score (nSPS) is 13.1. The van der Waals surface area contributed by atoms with Gasteiger partial charge in [0.25, 0.3) is 0 Å². The molecule has 0 radical (unpaired) electrons. The number of hydrogen-bond acceptors (Lipinski definition) is 7. The lowest BCUT2D eigenvalue weighted by atomic mass is 9.80. The fourth-order valence-electron chi connectivity index (χ4n) is 6.78. The summed E-state index contributed by atoms with van der Waals surface area (Å²) in [5.41, 5.74) is 10.1. The van der Waals surface area contributed by atoms with E-state index in [0.29, 0.717) is 0 Å². The van der Waals surface area contributed by atoms with Crippen LogP contribution < -0.4 is 0 Å². The Labute approximate surface area is 273 Å². The Bertz CT molecular complexity index is 2420. The van der Waals surface area contributed by atoms with Crippen LogP contribution in [0.25, 0.3) is 86.3 Å². The second-order valence-electron chi connectivity index (χ2n) is 14.1. The molecule has 9 rings (SSSR count). The summed E-state index contributed by atoms with van der Waals surface area (Å²) in [6.07, 6.45) is 0. The number of aromatic nitrogens is 4. The van der Waals surface area contributed by atoms with Crippen LogP contribution in [0.2, 0.25) is 0 Å². The molecule has 0 saturated heterocycles. The van der Waals surface area contributed by atoms with Gasteiger partial charge in [-0.15, -0.1) is 22.7 Å². The molecule has 0 bridgehead atoms. The van der Waals surface area contributed by atoms with Gasteiger partial charge in [0.2, 0.25) is 0 Å². The monoisotopic (exact) mass is 638 g/mol. The first-order valence-corrected chi connectivity index (χ1v) is 17.7. The van der Waals surface area contributed by atoms with Gasteiger partial charge in [-0.3, -0.25) is 0 Å². The van der Waals surface area contributed by atoms with Crippen LogP contribution in [-0.2, 0) is 10.8 Å². The second kappa shape index (κ2) is 9.25.